The normalized spacial score (nSPS) is 14.0. The van der Waals surface area contributed by atoms with Crippen LogP contribution in [0, 0.1) is 5.92 Å². The van der Waals surface area contributed by atoms with Crippen LogP contribution in [0.2, 0.25) is 0 Å². The van der Waals surface area contributed by atoms with Crippen molar-refractivity contribution in [2.24, 2.45) is 5.92 Å². The predicted molar refractivity (Wildman–Crippen MR) is 120 cm³/mol. The first kappa shape index (κ1) is 22.8. The minimum Gasteiger partial charge on any atom is -0.497 e. The summed E-state index contributed by atoms with van der Waals surface area (Å²) in [7, 11) is 1.56. The van der Waals surface area contributed by atoms with Crippen LogP contribution in [0.4, 0.5) is 0 Å². The molecular weight excluding hydrogens is 414 g/mol. The minimum atomic E-state index is -0.687. The lowest BCUT2D eigenvalue weighted by Gasteiger charge is -2.27. The third-order valence-electron chi connectivity index (χ3n) is 5.39. The van der Waals surface area contributed by atoms with Crippen molar-refractivity contribution in [2.75, 3.05) is 20.2 Å². The molecule has 1 aromatic carbocycles. The van der Waals surface area contributed by atoms with Crippen molar-refractivity contribution in [1.29, 1.82) is 0 Å². The van der Waals surface area contributed by atoms with Crippen molar-refractivity contribution in [3.8, 4) is 5.75 Å². The van der Waals surface area contributed by atoms with Gasteiger partial charge >= 0.3 is 0 Å². The molecule has 166 valence electrons. The van der Waals surface area contributed by atoms with Gasteiger partial charge in [-0.05, 0) is 53.6 Å². The highest BCUT2D eigenvalue weighted by Gasteiger charge is 2.25. The van der Waals surface area contributed by atoms with E-state index in [-0.39, 0.29) is 36.6 Å². The molecule has 1 aromatic heterocycles. The number of methoxy groups -OCH3 is 1. The summed E-state index contributed by atoms with van der Waals surface area (Å²) in [6.45, 7) is 5.34. The van der Waals surface area contributed by atoms with E-state index in [1.54, 1.807) is 42.7 Å². The van der Waals surface area contributed by atoms with Gasteiger partial charge in [-0.15, -0.1) is 11.3 Å². The first-order chi connectivity index (χ1) is 14.9. The molecule has 1 unspecified atom stereocenters. The van der Waals surface area contributed by atoms with Crippen LogP contribution in [0.25, 0.3) is 0 Å². The molecule has 0 saturated carbocycles. The van der Waals surface area contributed by atoms with Crippen LogP contribution >= 0.6 is 11.3 Å². The Balaban J connectivity index is 1.48. The zero-order chi connectivity index (χ0) is 22.4. The number of benzene rings is 1. The molecule has 0 fully saturated rings. The molecule has 0 saturated heterocycles. The number of ether oxygens (including phenoxy) is 1. The van der Waals surface area contributed by atoms with Gasteiger partial charge in [0.05, 0.1) is 7.11 Å². The first-order valence-electron chi connectivity index (χ1n) is 10.4. The highest BCUT2D eigenvalue weighted by atomic mass is 32.1. The Morgan fingerprint density at radius 3 is 2.58 bits per heavy atom. The van der Waals surface area contributed by atoms with Gasteiger partial charge in [-0.25, -0.2) is 0 Å². The quantitative estimate of drug-likeness (QED) is 0.657. The lowest BCUT2D eigenvalue weighted by atomic mass is 10.0. The summed E-state index contributed by atoms with van der Waals surface area (Å²) in [6, 6.07) is 8.09. The Kier molecular flexibility index (Phi) is 7.68. The van der Waals surface area contributed by atoms with E-state index in [1.807, 2.05) is 18.7 Å². The van der Waals surface area contributed by atoms with Crippen molar-refractivity contribution in [3.63, 3.8) is 0 Å². The molecular formula is C23H29N3O4S. The third kappa shape index (κ3) is 5.85. The molecule has 2 heterocycles. The number of fused-ring (bicyclic) bond motifs is 1. The van der Waals surface area contributed by atoms with E-state index >= 15 is 0 Å². The van der Waals surface area contributed by atoms with Gasteiger partial charge in [0.25, 0.3) is 5.91 Å². The van der Waals surface area contributed by atoms with Gasteiger partial charge < -0.3 is 20.3 Å². The monoisotopic (exact) mass is 443 g/mol. The summed E-state index contributed by atoms with van der Waals surface area (Å²) in [5.74, 6) is -0.0308. The van der Waals surface area contributed by atoms with E-state index in [9.17, 15) is 14.4 Å². The number of nitrogens with zero attached hydrogens (tertiary/aromatic N) is 1. The topological polar surface area (TPSA) is 87.7 Å². The number of amides is 3. The number of thiophene rings is 1. The Bertz CT molecular complexity index is 923. The third-order valence-corrected chi connectivity index (χ3v) is 6.41. The second kappa shape index (κ2) is 10.4. The largest absolute Gasteiger partial charge is 0.497 e. The maximum Gasteiger partial charge on any atom is 0.251 e. The van der Waals surface area contributed by atoms with Crippen molar-refractivity contribution >= 4 is 29.1 Å². The second-order valence-corrected chi connectivity index (χ2v) is 8.90. The van der Waals surface area contributed by atoms with E-state index in [4.69, 9.17) is 4.74 Å². The second-order valence-electron chi connectivity index (χ2n) is 7.90. The van der Waals surface area contributed by atoms with Gasteiger partial charge in [-0.3, -0.25) is 14.4 Å². The summed E-state index contributed by atoms with van der Waals surface area (Å²) in [5, 5.41) is 7.66. The highest BCUT2D eigenvalue weighted by Crippen LogP contribution is 2.24. The molecule has 2 aromatic rings. The van der Waals surface area contributed by atoms with Crippen LogP contribution in [0.5, 0.6) is 5.75 Å². The Morgan fingerprint density at radius 1 is 1.16 bits per heavy atom. The van der Waals surface area contributed by atoms with E-state index in [0.29, 0.717) is 24.4 Å². The fraction of sp³-hybridized carbons (Fsp3) is 0.435. The zero-order valence-electron chi connectivity index (χ0n) is 18.1. The van der Waals surface area contributed by atoms with E-state index < -0.39 is 6.04 Å². The fourth-order valence-corrected chi connectivity index (χ4v) is 4.41. The molecule has 2 N–H and O–H groups in total. The van der Waals surface area contributed by atoms with Crippen LogP contribution in [0.15, 0.2) is 35.7 Å². The molecule has 8 heteroatoms. The molecule has 1 aliphatic rings. The SMILES string of the molecule is COc1ccc(C(=O)NC(C(=O)NCCC(=O)N2CCc3sccc3C2)C(C)C)cc1. The summed E-state index contributed by atoms with van der Waals surface area (Å²) >= 11 is 1.74. The van der Waals surface area contributed by atoms with E-state index in [1.165, 1.54) is 10.4 Å². The molecule has 3 rings (SSSR count). The van der Waals surface area contributed by atoms with Crippen LogP contribution < -0.4 is 15.4 Å². The molecule has 1 atom stereocenters. The average Bonchev–Trinajstić information content (AvgIpc) is 3.24. The molecule has 7 nitrogen and oxygen atoms in total. The number of rotatable bonds is 8. The predicted octanol–water partition coefficient (Wildman–Crippen LogP) is 2.60. The first-order valence-corrected chi connectivity index (χ1v) is 11.3. The van der Waals surface area contributed by atoms with Gasteiger partial charge in [0.1, 0.15) is 11.8 Å². The van der Waals surface area contributed by atoms with E-state index in [0.717, 1.165) is 6.42 Å². The molecule has 0 radical (unpaired) electrons. The van der Waals surface area contributed by atoms with Crippen LogP contribution in [-0.2, 0) is 22.6 Å². The molecule has 31 heavy (non-hydrogen) atoms. The highest BCUT2D eigenvalue weighted by molar-refractivity contribution is 7.10. The number of nitrogens with one attached hydrogen (secondary N) is 2. The molecule has 0 aliphatic carbocycles. The van der Waals surface area contributed by atoms with Crippen molar-refractivity contribution < 1.29 is 19.1 Å². The summed E-state index contributed by atoms with van der Waals surface area (Å²) < 4.78 is 5.10. The molecule has 3 amide bonds. The maximum absolute atomic E-state index is 12.7. The van der Waals surface area contributed by atoms with Gasteiger partial charge in [0, 0.05) is 36.5 Å². The van der Waals surface area contributed by atoms with Gasteiger partial charge in [-0.2, -0.15) is 0 Å². The number of carbonyl (C=O) groups excluding carboxylic acids is 3. The molecule has 0 spiro atoms. The fourth-order valence-electron chi connectivity index (χ4n) is 3.52. The van der Waals surface area contributed by atoms with Crippen LogP contribution in [0.3, 0.4) is 0 Å². The van der Waals surface area contributed by atoms with Gasteiger partial charge in [-0.1, -0.05) is 13.8 Å². The lowest BCUT2D eigenvalue weighted by molar-refractivity contribution is -0.132. The van der Waals surface area contributed by atoms with Crippen LogP contribution in [-0.4, -0.2) is 48.9 Å². The van der Waals surface area contributed by atoms with Crippen molar-refractivity contribution in [3.05, 3.63) is 51.7 Å². The van der Waals surface area contributed by atoms with E-state index in [2.05, 4.69) is 22.1 Å². The minimum absolute atomic E-state index is 0.0283. The Hall–Kier alpha value is -2.87. The summed E-state index contributed by atoms with van der Waals surface area (Å²) in [6.07, 6.45) is 1.13. The number of carbonyl (C=O) groups is 3. The Morgan fingerprint density at radius 2 is 1.90 bits per heavy atom. The molecule has 1 aliphatic heterocycles. The van der Waals surface area contributed by atoms with Crippen LogP contribution in [0.1, 0.15) is 41.1 Å². The summed E-state index contributed by atoms with van der Waals surface area (Å²) in [4.78, 5) is 40.9. The summed E-state index contributed by atoms with van der Waals surface area (Å²) in [5.41, 5.74) is 1.67. The maximum atomic E-state index is 12.7. The lowest BCUT2D eigenvalue weighted by Crippen LogP contribution is -2.50. The number of hydrogen-bond acceptors (Lipinski definition) is 5. The van der Waals surface area contributed by atoms with Gasteiger partial charge in [0.2, 0.25) is 11.8 Å². The Labute approximate surface area is 186 Å². The zero-order valence-corrected chi connectivity index (χ0v) is 19.0. The average molecular weight is 444 g/mol. The van der Waals surface area contributed by atoms with Gasteiger partial charge in [0.15, 0.2) is 0 Å². The number of hydrogen-bond donors (Lipinski definition) is 2. The smallest absolute Gasteiger partial charge is 0.251 e. The standard InChI is InChI=1S/C23H29N3O4S/c1-15(2)21(25-22(28)16-4-6-18(30-3)7-5-16)23(29)24-11-8-20(27)26-12-9-19-17(14-26)10-13-31-19/h4-7,10,13,15,21H,8-9,11-12,14H2,1-3H3,(H,24,29)(H,25,28). The van der Waals surface area contributed by atoms with Crippen molar-refractivity contribution in [2.45, 2.75) is 39.3 Å². The van der Waals surface area contributed by atoms with Crippen molar-refractivity contribution in [1.82, 2.24) is 15.5 Å². The molecule has 0 bridgehead atoms.